The first-order valence-electron chi connectivity index (χ1n) is 6.09. The zero-order valence-corrected chi connectivity index (χ0v) is 13.4. The summed E-state index contributed by atoms with van der Waals surface area (Å²) >= 11 is 5.42. The molecule has 1 saturated heterocycles. The zero-order chi connectivity index (χ0) is 12.6. The number of hydrogen-bond donors (Lipinski definition) is 0. The van der Waals surface area contributed by atoms with Crippen LogP contribution in [0.1, 0.15) is 33.6 Å². The number of rotatable bonds is 3. The molecule has 0 N–H and O–H groups in total. The van der Waals surface area contributed by atoms with Crippen molar-refractivity contribution in [3.8, 4) is 0 Å². The van der Waals surface area contributed by atoms with Crippen LogP contribution in [-0.2, 0) is 4.43 Å². The maximum Gasteiger partial charge on any atom is 0.171 e. The van der Waals surface area contributed by atoms with Gasteiger partial charge in [0.05, 0.1) is 17.1 Å². The van der Waals surface area contributed by atoms with E-state index in [1.165, 1.54) is 0 Å². The summed E-state index contributed by atoms with van der Waals surface area (Å²) in [6.07, 6.45) is 2.17. The van der Waals surface area contributed by atoms with Gasteiger partial charge in [0.1, 0.15) is 0 Å². The van der Waals surface area contributed by atoms with Crippen LogP contribution in [0.25, 0.3) is 0 Å². The van der Waals surface area contributed by atoms with Crippen molar-refractivity contribution in [3.63, 3.8) is 0 Å². The lowest BCUT2D eigenvalue weighted by Gasteiger charge is -2.47. The Kier molecular flexibility index (Phi) is 4.19. The molecule has 1 aliphatic rings. The summed E-state index contributed by atoms with van der Waals surface area (Å²) in [6.45, 7) is 12.2. The lowest BCUT2D eigenvalue weighted by Crippen LogP contribution is -2.56. The molecule has 0 amide bonds. The van der Waals surface area contributed by atoms with Crippen LogP contribution in [0.4, 0.5) is 0 Å². The minimum atomic E-state index is -0.960. The Bertz CT molecular complexity index is 275. The predicted molar refractivity (Wildman–Crippen MR) is 76.6 cm³/mol. The van der Waals surface area contributed by atoms with Gasteiger partial charge in [-0.15, -0.1) is 0 Å². The maximum atomic E-state index is 6.01. The van der Waals surface area contributed by atoms with Gasteiger partial charge in [-0.3, -0.25) is 0 Å². The molecule has 1 atom stereocenters. The van der Waals surface area contributed by atoms with E-state index in [-0.39, 0.29) is 11.0 Å². The van der Waals surface area contributed by atoms with E-state index in [9.17, 15) is 0 Å². The second-order valence-corrected chi connectivity index (χ2v) is 9.00. The average Bonchev–Trinajstić information content (AvgIpc) is 2.41. The number of hydrogen-bond acceptors (Lipinski definition) is 2. The molecule has 2 nitrogen and oxygen atoms in total. The second-order valence-electron chi connectivity index (χ2n) is 6.09. The van der Waals surface area contributed by atoms with Crippen molar-refractivity contribution in [2.75, 3.05) is 13.7 Å². The van der Waals surface area contributed by atoms with E-state index < -0.39 is 9.04 Å². The Balaban J connectivity index is 2.91. The van der Waals surface area contributed by atoms with Crippen molar-refractivity contribution < 1.29 is 4.43 Å². The van der Waals surface area contributed by atoms with E-state index in [1.807, 2.05) is 0 Å². The van der Waals surface area contributed by atoms with Crippen molar-refractivity contribution in [1.82, 2.24) is 4.90 Å². The molecule has 0 aromatic carbocycles. The fourth-order valence-electron chi connectivity index (χ4n) is 2.46. The van der Waals surface area contributed by atoms with Gasteiger partial charge >= 0.3 is 0 Å². The average molecular weight is 259 g/mol. The molecule has 1 fully saturated rings. The normalized spacial score (nSPS) is 26.9. The largest absolute Gasteiger partial charge is 0.418 e. The molecule has 4 heteroatoms. The van der Waals surface area contributed by atoms with E-state index in [0.29, 0.717) is 0 Å². The van der Waals surface area contributed by atoms with E-state index >= 15 is 0 Å². The quantitative estimate of drug-likeness (QED) is 0.571. The van der Waals surface area contributed by atoms with Gasteiger partial charge in [-0.05, 0) is 24.9 Å². The van der Waals surface area contributed by atoms with E-state index in [1.54, 1.807) is 0 Å². The third-order valence-electron chi connectivity index (χ3n) is 3.82. The molecule has 0 aromatic rings. The topological polar surface area (TPSA) is 12.5 Å². The molecule has 16 heavy (non-hydrogen) atoms. The second kappa shape index (κ2) is 4.74. The fourth-order valence-corrected chi connectivity index (χ4v) is 3.34. The Morgan fingerprint density at radius 3 is 2.31 bits per heavy atom. The molecule has 0 bridgehead atoms. The molecular formula is C12H25NOSSi. The number of likely N-dealkylation sites (N-methyl/N-ethyl adjacent to an activating group) is 1. The number of likely N-dealkylation sites (tertiary alicyclic amines) is 1. The Labute approximate surface area is 107 Å². The molecule has 0 aromatic heterocycles. The molecule has 0 radical (unpaired) electrons. The molecular weight excluding hydrogens is 234 g/mol. The van der Waals surface area contributed by atoms with Gasteiger partial charge in [-0.1, -0.05) is 33.0 Å². The number of thiocarbonyl (C=S) groups is 1. The minimum absolute atomic E-state index is 0.0986. The van der Waals surface area contributed by atoms with Gasteiger partial charge in [0.15, 0.2) is 9.04 Å². The van der Waals surface area contributed by atoms with Gasteiger partial charge in [0.2, 0.25) is 0 Å². The molecule has 94 valence electrons. The first kappa shape index (κ1) is 14.1. The Morgan fingerprint density at radius 1 is 1.44 bits per heavy atom. The SMILES string of the molecule is CN1C(=S)CC[C@@]1(CO[SiH](C)C)C(C)(C)C. The van der Waals surface area contributed by atoms with Crippen molar-refractivity contribution in [3.05, 3.63) is 0 Å². The molecule has 0 spiro atoms. The summed E-state index contributed by atoms with van der Waals surface area (Å²) in [7, 11) is 1.17. The molecule has 0 aliphatic carbocycles. The molecule has 0 saturated carbocycles. The highest BCUT2D eigenvalue weighted by Crippen LogP contribution is 2.44. The highest BCUT2D eigenvalue weighted by Gasteiger charge is 2.49. The van der Waals surface area contributed by atoms with Crippen LogP contribution in [-0.4, -0.2) is 38.1 Å². The molecule has 1 heterocycles. The summed E-state index contributed by atoms with van der Waals surface area (Å²) in [4.78, 5) is 3.38. The monoisotopic (exact) mass is 259 g/mol. The van der Waals surface area contributed by atoms with Gasteiger partial charge < -0.3 is 9.33 Å². The Hall–Kier alpha value is 0.0669. The van der Waals surface area contributed by atoms with Crippen molar-refractivity contribution >= 4 is 26.2 Å². The molecule has 1 rings (SSSR count). The van der Waals surface area contributed by atoms with Gasteiger partial charge in [-0.25, -0.2) is 0 Å². The lowest BCUT2D eigenvalue weighted by molar-refractivity contribution is 0.0245. The fraction of sp³-hybridized carbons (Fsp3) is 0.917. The van der Waals surface area contributed by atoms with Gasteiger partial charge in [0.25, 0.3) is 0 Å². The van der Waals surface area contributed by atoms with Crippen LogP contribution in [0, 0.1) is 5.41 Å². The van der Waals surface area contributed by atoms with Crippen LogP contribution in [0.5, 0.6) is 0 Å². The van der Waals surface area contributed by atoms with Crippen LogP contribution in [0.2, 0.25) is 13.1 Å². The third-order valence-corrected chi connectivity index (χ3v) is 5.13. The first-order chi connectivity index (χ1) is 7.21. The highest BCUT2D eigenvalue weighted by atomic mass is 32.1. The number of nitrogens with zero attached hydrogens (tertiary/aromatic N) is 1. The third kappa shape index (κ3) is 2.49. The standard InChI is InChI=1S/C12H25NOSSi/c1-11(2,3)12(9-14-16(5)6)8-7-10(15)13(12)4/h16H,7-9H2,1-6H3/t12-/m1/s1. The summed E-state index contributed by atoms with van der Waals surface area (Å²) in [5.41, 5.74) is 0.299. The summed E-state index contributed by atoms with van der Waals surface area (Å²) < 4.78 is 6.01. The first-order valence-corrected chi connectivity index (χ1v) is 9.28. The summed E-state index contributed by atoms with van der Waals surface area (Å²) in [5, 5.41) is 0. The smallest absolute Gasteiger partial charge is 0.171 e. The van der Waals surface area contributed by atoms with E-state index in [2.05, 4.69) is 45.8 Å². The van der Waals surface area contributed by atoms with Crippen molar-refractivity contribution in [1.29, 1.82) is 0 Å². The van der Waals surface area contributed by atoms with Crippen LogP contribution < -0.4 is 0 Å². The molecule has 1 aliphatic heterocycles. The van der Waals surface area contributed by atoms with Gasteiger partial charge in [-0.2, -0.15) is 0 Å². The van der Waals surface area contributed by atoms with Crippen molar-refractivity contribution in [2.45, 2.75) is 52.2 Å². The van der Waals surface area contributed by atoms with Crippen LogP contribution >= 0.6 is 12.2 Å². The zero-order valence-electron chi connectivity index (χ0n) is 11.5. The maximum absolute atomic E-state index is 6.01. The molecule has 0 unspecified atom stereocenters. The van der Waals surface area contributed by atoms with Crippen molar-refractivity contribution in [2.24, 2.45) is 5.41 Å². The lowest BCUT2D eigenvalue weighted by atomic mass is 9.72. The predicted octanol–water partition coefficient (Wildman–Crippen LogP) is 2.82. The van der Waals surface area contributed by atoms with E-state index in [0.717, 1.165) is 24.4 Å². The van der Waals surface area contributed by atoms with Gasteiger partial charge in [0, 0.05) is 13.5 Å². The summed E-state index contributed by atoms with van der Waals surface area (Å²) in [5.74, 6) is 0. The Morgan fingerprint density at radius 2 is 2.00 bits per heavy atom. The minimum Gasteiger partial charge on any atom is -0.418 e. The van der Waals surface area contributed by atoms with Crippen LogP contribution in [0.3, 0.4) is 0 Å². The highest BCUT2D eigenvalue weighted by molar-refractivity contribution is 7.80. The van der Waals surface area contributed by atoms with Crippen LogP contribution in [0.15, 0.2) is 0 Å². The van der Waals surface area contributed by atoms with E-state index in [4.69, 9.17) is 16.6 Å². The summed E-state index contributed by atoms with van der Waals surface area (Å²) in [6, 6.07) is 0.